The number of nitrogen functional groups attached to an aromatic ring is 1. The van der Waals surface area contributed by atoms with E-state index in [0.717, 1.165) is 12.8 Å². The van der Waals surface area contributed by atoms with E-state index in [1.807, 2.05) is 11.8 Å². The number of aromatic nitrogens is 2. The van der Waals surface area contributed by atoms with Crippen molar-refractivity contribution in [1.82, 2.24) is 9.97 Å². The molecule has 0 unspecified atom stereocenters. The van der Waals surface area contributed by atoms with Gasteiger partial charge in [-0.05, 0) is 6.42 Å². The number of hydrogen-bond acceptors (Lipinski definition) is 7. The molecule has 110 valence electrons. The SMILES string of the molecule is CCCCOc1nc(N)c2c(n1)N(CC(=O)CC)CN2. The van der Waals surface area contributed by atoms with Crippen LogP contribution in [0.1, 0.15) is 33.1 Å². The predicted molar refractivity (Wildman–Crippen MR) is 78.0 cm³/mol. The molecule has 0 fully saturated rings. The Labute approximate surface area is 118 Å². The number of Topliss-reactive ketones (excluding diaryl/α,β-unsaturated/α-hetero) is 1. The third-order valence-electron chi connectivity index (χ3n) is 3.13. The van der Waals surface area contributed by atoms with Gasteiger partial charge in [0.25, 0.3) is 0 Å². The van der Waals surface area contributed by atoms with E-state index >= 15 is 0 Å². The Kier molecular flexibility index (Phi) is 4.60. The summed E-state index contributed by atoms with van der Waals surface area (Å²) in [6.07, 6.45) is 2.49. The number of ketones is 1. The Balaban J connectivity index is 2.15. The molecule has 0 spiro atoms. The lowest BCUT2D eigenvalue weighted by atomic mass is 10.3. The number of nitrogens with two attached hydrogens (primary N) is 1. The number of rotatable bonds is 7. The van der Waals surface area contributed by atoms with E-state index in [-0.39, 0.29) is 11.8 Å². The standard InChI is InChI=1S/C13H21N5O2/c1-3-5-6-20-13-16-11(14)10-12(17-13)18(8-15-10)7-9(19)4-2/h15H,3-8H2,1-2H3,(H2,14,16,17). The van der Waals surface area contributed by atoms with Gasteiger partial charge in [-0.25, -0.2) is 0 Å². The van der Waals surface area contributed by atoms with Gasteiger partial charge in [-0.15, -0.1) is 0 Å². The first-order valence-electron chi connectivity index (χ1n) is 6.96. The highest BCUT2D eigenvalue weighted by atomic mass is 16.5. The molecule has 0 atom stereocenters. The van der Waals surface area contributed by atoms with Gasteiger partial charge in [0.1, 0.15) is 5.69 Å². The Bertz CT molecular complexity index is 492. The van der Waals surface area contributed by atoms with Crippen LogP contribution in [-0.4, -0.2) is 35.6 Å². The van der Waals surface area contributed by atoms with E-state index in [1.165, 1.54) is 0 Å². The summed E-state index contributed by atoms with van der Waals surface area (Å²) in [5.41, 5.74) is 6.57. The van der Waals surface area contributed by atoms with Crippen LogP contribution in [0.15, 0.2) is 0 Å². The molecule has 1 aromatic rings. The van der Waals surface area contributed by atoms with Crippen LogP contribution in [0.2, 0.25) is 0 Å². The maximum absolute atomic E-state index is 11.6. The van der Waals surface area contributed by atoms with E-state index in [9.17, 15) is 4.79 Å². The van der Waals surface area contributed by atoms with Crippen LogP contribution in [-0.2, 0) is 4.79 Å². The molecule has 3 N–H and O–H groups in total. The molecule has 0 amide bonds. The molecule has 7 nitrogen and oxygen atoms in total. The van der Waals surface area contributed by atoms with E-state index in [2.05, 4.69) is 22.2 Å². The Morgan fingerprint density at radius 3 is 2.95 bits per heavy atom. The summed E-state index contributed by atoms with van der Waals surface area (Å²) in [6.45, 7) is 5.33. The molecule has 0 radical (unpaired) electrons. The van der Waals surface area contributed by atoms with Crippen molar-refractivity contribution in [3.63, 3.8) is 0 Å². The first kappa shape index (κ1) is 14.4. The van der Waals surface area contributed by atoms with Crippen LogP contribution in [0.25, 0.3) is 0 Å². The first-order valence-corrected chi connectivity index (χ1v) is 6.96. The monoisotopic (exact) mass is 279 g/mol. The van der Waals surface area contributed by atoms with Gasteiger partial charge in [0.15, 0.2) is 17.4 Å². The summed E-state index contributed by atoms with van der Waals surface area (Å²) in [7, 11) is 0. The summed E-state index contributed by atoms with van der Waals surface area (Å²) in [5, 5.41) is 3.11. The number of carbonyl (C=O) groups is 1. The van der Waals surface area contributed by atoms with Crippen molar-refractivity contribution in [2.75, 3.05) is 35.8 Å². The van der Waals surface area contributed by atoms with Gasteiger partial charge in [0, 0.05) is 6.42 Å². The number of anilines is 3. The lowest BCUT2D eigenvalue weighted by molar-refractivity contribution is -0.117. The zero-order valence-corrected chi connectivity index (χ0v) is 12.0. The fourth-order valence-electron chi connectivity index (χ4n) is 1.92. The van der Waals surface area contributed by atoms with Crippen LogP contribution < -0.4 is 20.7 Å². The molecule has 20 heavy (non-hydrogen) atoms. The van der Waals surface area contributed by atoms with Crippen LogP contribution in [0.5, 0.6) is 6.01 Å². The van der Waals surface area contributed by atoms with Crippen molar-refractivity contribution in [3.05, 3.63) is 0 Å². The second kappa shape index (κ2) is 6.40. The molecule has 0 saturated heterocycles. The van der Waals surface area contributed by atoms with E-state index in [1.54, 1.807) is 0 Å². The van der Waals surface area contributed by atoms with Gasteiger partial charge >= 0.3 is 6.01 Å². The smallest absolute Gasteiger partial charge is 0.320 e. The number of unbranched alkanes of at least 4 members (excludes halogenated alkanes) is 1. The molecule has 0 aromatic carbocycles. The zero-order chi connectivity index (χ0) is 14.5. The van der Waals surface area contributed by atoms with Crippen molar-refractivity contribution >= 4 is 23.1 Å². The minimum Gasteiger partial charge on any atom is -0.463 e. The fraction of sp³-hybridized carbons (Fsp3) is 0.615. The molecule has 0 bridgehead atoms. The number of nitrogens with one attached hydrogen (secondary N) is 1. The minimum absolute atomic E-state index is 0.158. The average Bonchev–Trinajstić information content (AvgIpc) is 2.83. The molecular weight excluding hydrogens is 258 g/mol. The Hall–Kier alpha value is -2.05. The molecule has 0 aliphatic carbocycles. The van der Waals surface area contributed by atoms with Crippen molar-refractivity contribution in [1.29, 1.82) is 0 Å². The first-order chi connectivity index (χ1) is 9.65. The van der Waals surface area contributed by atoms with Crippen molar-refractivity contribution in [2.45, 2.75) is 33.1 Å². The van der Waals surface area contributed by atoms with Gasteiger partial charge in [0.05, 0.1) is 19.8 Å². The molecular formula is C13H21N5O2. The summed E-state index contributed by atoms with van der Waals surface area (Å²) in [4.78, 5) is 21.9. The number of fused-ring (bicyclic) bond motifs is 1. The van der Waals surface area contributed by atoms with E-state index in [0.29, 0.717) is 43.6 Å². The van der Waals surface area contributed by atoms with Crippen molar-refractivity contribution in [2.24, 2.45) is 0 Å². The normalized spacial score (nSPS) is 13.0. The highest BCUT2D eigenvalue weighted by Gasteiger charge is 2.25. The predicted octanol–water partition coefficient (Wildman–Crippen LogP) is 1.41. The minimum atomic E-state index is 0.158. The summed E-state index contributed by atoms with van der Waals surface area (Å²) in [5.74, 6) is 1.16. The maximum atomic E-state index is 11.6. The molecule has 2 rings (SSSR count). The van der Waals surface area contributed by atoms with Crippen LogP contribution in [0.4, 0.5) is 17.3 Å². The van der Waals surface area contributed by atoms with E-state index < -0.39 is 0 Å². The van der Waals surface area contributed by atoms with Gasteiger partial charge in [0.2, 0.25) is 0 Å². The molecule has 1 aromatic heterocycles. The molecule has 1 aliphatic rings. The lowest BCUT2D eigenvalue weighted by Gasteiger charge is -2.16. The third kappa shape index (κ3) is 3.09. The van der Waals surface area contributed by atoms with Gasteiger partial charge in [-0.2, -0.15) is 9.97 Å². The summed E-state index contributed by atoms with van der Waals surface area (Å²) >= 11 is 0. The van der Waals surface area contributed by atoms with Crippen molar-refractivity contribution < 1.29 is 9.53 Å². The summed E-state index contributed by atoms with van der Waals surface area (Å²) in [6, 6.07) is 0.271. The zero-order valence-electron chi connectivity index (χ0n) is 12.0. The largest absolute Gasteiger partial charge is 0.463 e. The van der Waals surface area contributed by atoms with Crippen LogP contribution in [0.3, 0.4) is 0 Å². The van der Waals surface area contributed by atoms with Gasteiger partial charge < -0.3 is 20.7 Å². The van der Waals surface area contributed by atoms with Gasteiger partial charge in [-0.3, -0.25) is 4.79 Å². The maximum Gasteiger partial charge on any atom is 0.320 e. The topological polar surface area (TPSA) is 93.4 Å². The average molecular weight is 279 g/mol. The van der Waals surface area contributed by atoms with Gasteiger partial charge in [-0.1, -0.05) is 20.3 Å². The lowest BCUT2D eigenvalue weighted by Crippen LogP contribution is -2.29. The van der Waals surface area contributed by atoms with Crippen LogP contribution >= 0.6 is 0 Å². The molecule has 1 aliphatic heterocycles. The second-order valence-electron chi connectivity index (χ2n) is 4.72. The molecule has 7 heteroatoms. The van der Waals surface area contributed by atoms with Crippen molar-refractivity contribution in [3.8, 4) is 6.01 Å². The quantitative estimate of drug-likeness (QED) is 0.729. The summed E-state index contributed by atoms with van der Waals surface area (Å²) < 4.78 is 5.49. The Morgan fingerprint density at radius 2 is 2.25 bits per heavy atom. The Morgan fingerprint density at radius 1 is 1.45 bits per heavy atom. The van der Waals surface area contributed by atoms with E-state index in [4.69, 9.17) is 10.5 Å². The number of nitrogens with zero attached hydrogens (tertiary/aromatic N) is 3. The second-order valence-corrected chi connectivity index (χ2v) is 4.72. The van der Waals surface area contributed by atoms with Crippen LogP contribution in [0, 0.1) is 0 Å². The number of hydrogen-bond donors (Lipinski definition) is 2. The third-order valence-corrected chi connectivity index (χ3v) is 3.13. The molecule has 0 saturated carbocycles. The molecule has 2 heterocycles. The number of carbonyl (C=O) groups excluding carboxylic acids is 1. The fourth-order valence-corrected chi connectivity index (χ4v) is 1.92. The highest BCUT2D eigenvalue weighted by Crippen LogP contribution is 2.34. The highest BCUT2D eigenvalue weighted by molar-refractivity contribution is 5.87. The number of ether oxygens (including phenoxy) is 1.